The number of methoxy groups -OCH3 is 4. The van der Waals surface area contributed by atoms with Gasteiger partial charge in [-0.05, 0) is 30.2 Å². The third-order valence-corrected chi connectivity index (χ3v) is 3.56. The summed E-state index contributed by atoms with van der Waals surface area (Å²) in [6.07, 6.45) is 0. The third-order valence-electron chi connectivity index (χ3n) is 3.56. The Hall–Kier alpha value is -2.56. The van der Waals surface area contributed by atoms with Crippen molar-refractivity contribution >= 4 is 0 Å². The quantitative estimate of drug-likeness (QED) is 0.780. The molecule has 2 rings (SSSR count). The zero-order chi connectivity index (χ0) is 16.8. The summed E-state index contributed by atoms with van der Waals surface area (Å²) in [5.74, 6) is 3.43. The fraction of sp³-hybridized carbons (Fsp3) is 0.333. The van der Waals surface area contributed by atoms with Crippen LogP contribution in [0.1, 0.15) is 11.1 Å². The first-order valence-electron chi connectivity index (χ1n) is 7.18. The first-order valence-corrected chi connectivity index (χ1v) is 7.18. The SMILES string of the molecule is COc1cc(OC)cc(OCc2cc(OC)c(OC)cc2C)c1. The van der Waals surface area contributed by atoms with E-state index >= 15 is 0 Å². The molecule has 0 aliphatic rings. The standard InChI is InChI=1S/C18H22O5/c1-12-6-17(21-4)18(22-5)7-13(12)11-23-16-9-14(19-2)8-15(10-16)20-3/h6-10H,11H2,1-5H3. The molecule has 0 amide bonds. The molecule has 5 heteroatoms. The van der Waals surface area contributed by atoms with E-state index in [0.29, 0.717) is 35.4 Å². The Bertz CT molecular complexity index is 644. The van der Waals surface area contributed by atoms with Crippen molar-refractivity contribution < 1.29 is 23.7 Å². The van der Waals surface area contributed by atoms with Gasteiger partial charge in [0.05, 0.1) is 28.4 Å². The van der Waals surface area contributed by atoms with Gasteiger partial charge in [-0.1, -0.05) is 0 Å². The fourth-order valence-electron chi connectivity index (χ4n) is 2.20. The van der Waals surface area contributed by atoms with Gasteiger partial charge in [-0.25, -0.2) is 0 Å². The molecule has 0 aliphatic heterocycles. The van der Waals surface area contributed by atoms with Gasteiger partial charge in [0.25, 0.3) is 0 Å². The molecule has 0 unspecified atom stereocenters. The average Bonchev–Trinajstić information content (AvgIpc) is 2.59. The molecule has 0 bridgehead atoms. The molecular weight excluding hydrogens is 296 g/mol. The van der Waals surface area contributed by atoms with E-state index in [-0.39, 0.29) is 0 Å². The minimum Gasteiger partial charge on any atom is -0.496 e. The molecule has 0 saturated heterocycles. The first-order chi connectivity index (χ1) is 11.1. The van der Waals surface area contributed by atoms with Crippen LogP contribution in [0.2, 0.25) is 0 Å². The van der Waals surface area contributed by atoms with Crippen molar-refractivity contribution in [1.29, 1.82) is 0 Å². The normalized spacial score (nSPS) is 10.1. The molecule has 0 aromatic heterocycles. The number of rotatable bonds is 7. The van der Waals surface area contributed by atoms with Gasteiger partial charge in [-0.2, -0.15) is 0 Å². The van der Waals surface area contributed by atoms with Crippen molar-refractivity contribution in [2.75, 3.05) is 28.4 Å². The van der Waals surface area contributed by atoms with E-state index < -0.39 is 0 Å². The molecule has 0 saturated carbocycles. The second-order valence-corrected chi connectivity index (χ2v) is 4.97. The zero-order valence-electron chi connectivity index (χ0n) is 14.1. The summed E-state index contributed by atoms with van der Waals surface area (Å²) < 4.78 is 27.0. The van der Waals surface area contributed by atoms with Crippen LogP contribution in [-0.2, 0) is 6.61 Å². The lowest BCUT2D eigenvalue weighted by Crippen LogP contribution is -2.01. The van der Waals surface area contributed by atoms with E-state index in [4.69, 9.17) is 23.7 Å². The third kappa shape index (κ3) is 4.00. The lowest BCUT2D eigenvalue weighted by atomic mass is 10.1. The lowest BCUT2D eigenvalue weighted by Gasteiger charge is -2.14. The molecule has 2 aromatic carbocycles. The smallest absolute Gasteiger partial charge is 0.161 e. The molecule has 0 radical (unpaired) electrons. The van der Waals surface area contributed by atoms with Crippen molar-refractivity contribution in [3.63, 3.8) is 0 Å². The second kappa shape index (κ2) is 7.63. The fourth-order valence-corrected chi connectivity index (χ4v) is 2.20. The molecule has 0 N–H and O–H groups in total. The van der Waals surface area contributed by atoms with Gasteiger partial charge < -0.3 is 23.7 Å². The number of ether oxygens (including phenoxy) is 5. The largest absolute Gasteiger partial charge is 0.496 e. The van der Waals surface area contributed by atoms with Crippen molar-refractivity contribution in [1.82, 2.24) is 0 Å². The Morgan fingerprint density at radius 2 is 1.17 bits per heavy atom. The van der Waals surface area contributed by atoms with Crippen molar-refractivity contribution in [2.45, 2.75) is 13.5 Å². The lowest BCUT2D eigenvalue weighted by molar-refractivity contribution is 0.297. The number of hydrogen-bond donors (Lipinski definition) is 0. The molecule has 0 aliphatic carbocycles. The van der Waals surface area contributed by atoms with E-state index in [0.717, 1.165) is 11.1 Å². The average molecular weight is 318 g/mol. The highest BCUT2D eigenvalue weighted by Crippen LogP contribution is 2.32. The van der Waals surface area contributed by atoms with Gasteiger partial charge in [0, 0.05) is 18.2 Å². The van der Waals surface area contributed by atoms with Gasteiger partial charge in [0.1, 0.15) is 23.9 Å². The van der Waals surface area contributed by atoms with Crippen LogP contribution in [-0.4, -0.2) is 28.4 Å². The Morgan fingerprint density at radius 3 is 1.70 bits per heavy atom. The summed E-state index contributed by atoms with van der Waals surface area (Å²) in [5, 5.41) is 0. The maximum atomic E-state index is 5.87. The van der Waals surface area contributed by atoms with Gasteiger partial charge in [0.2, 0.25) is 0 Å². The van der Waals surface area contributed by atoms with Crippen LogP contribution in [0.4, 0.5) is 0 Å². The molecule has 5 nitrogen and oxygen atoms in total. The van der Waals surface area contributed by atoms with Crippen LogP contribution in [0.3, 0.4) is 0 Å². The van der Waals surface area contributed by atoms with E-state index in [9.17, 15) is 0 Å². The summed E-state index contributed by atoms with van der Waals surface area (Å²) in [7, 11) is 6.45. The van der Waals surface area contributed by atoms with Crippen LogP contribution in [0.25, 0.3) is 0 Å². The highest BCUT2D eigenvalue weighted by Gasteiger charge is 2.10. The van der Waals surface area contributed by atoms with Crippen LogP contribution < -0.4 is 23.7 Å². The van der Waals surface area contributed by atoms with Crippen molar-refractivity contribution in [2.24, 2.45) is 0 Å². The Labute approximate surface area is 136 Å². The molecule has 23 heavy (non-hydrogen) atoms. The van der Waals surface area contributed by atoms with Crippen molar-refractivity contribution in [3.8, 4) is 28.7 Å². The maximum absolute atomic E-state index is 5.87. The predicted molar refractivity (Wildman–Crippen MR) is 88.2 cm³/mol. The molecule has 124 valence electrons. The van der Waals surface area contributed by atoms with Gasteiger partial charge in [0.15, 0.2) is 11.5 Å². The van der Waals surface area contributed by atoms with Crippen LogP contribution >= 0.6 is 0 Å². The summed E-state index contributed by atoms with van der Waals surface area (Å²) in [6.45, 7) is 2.41. The predicted octanol–water partition coefficient (Wildman–Crippen LogP) is 3.61. The minimum absolute atomic E-state index is 0.405. The second-order valence-electron chi connectivity index (χ2n) is 4.97. The van der Waals surface area contributed by atoms with Crippen LogP contribution in [0.15, 0.2) is 30.3 Å². The summed E-state index contributed by atoms with van der Waals surface area (Å²) in [5.41, 5.74) is 2.09. The van der Waals surface area contributed by atoms with E-state index in [1.54, 1.807) is 34.5 Å². The number of aryl methyl sites for hydroxylation is 1. The minimum atomic E-state index is 0.405. The van der Waals surface area contributed by atoms with Crippen LogP contribution in [0.5, 0.6) is 28.7 Å². The summed E-state index contributed by atoms with van der Waals surface area (Å²) in [4.78, 5) is 0. The molecule has 2 aromatic rings. The molecule has 0 heterocycles. The Kier molecular flexibility index (Phi) is 5.57. The Morgan fingerprint density at radius 1 is 0.652 bits per heavy atom. The molecule has 0 spiro atoms. The van der Waals surface area contributed by atoms with E-state index in [1.807, 2.05) is 31.2 Å². The summed E-state index contributed by atoms with van der Waals surface area (Å²) in [6, 6.07) is 9.29. The monoisotopic (exact) mass is 318 g/mol. The van der Waals surface area contributed by atoms with Crippen LogP contribution in [0, 0.1) is 6.92 Å². The Balaban J connectivity index is 2.20. The molecular formula is C18H22O5. The number of hydrogen-bond acceptors (Lipinski definition) is 5. The van der Waals surface area contributed by atoms with Gasteiger partial charge >= 0.3 is 0 Å². The van der Waals surface area contributed by atoms with Gasteiger partial charge in [-0.3, -0.25) is 0 Å². The molecule has 0 atom stereocenters. The van der Waals surface area contributed by atoms with E-state index in [2.05, 4.69) is 0 Å². The summed E-state index contributed by atoms with van der Waals surface area (Å²) >= 11 is 0. The number of benzene rings is 2. The maximum Gasteiger partial charge on any atom is 0.161 e. The highest BCUT2D eigenvalue weighted by atomic mass is 16.5. The van der Waals surface area contributed by atoms with Crippen molar-refractivity contribution in [3.05, 3.63) is 41.5 Å². The van der Waals surface area contributed by atoms with Gasteiger partial charge in [-0.15, -0.1) is 0 Å². The van der Waals surface area contributed by atoms with E-state index in [1.165, 1.54) is 0 Å². The highest BCUT2D eigenvalue weighted by molar-refractivity contribution is 5.47. The first kappa shape index (κ1) is 16.8. The topological polar surface area (TPSA) is 46.2 Å². The molecule has 0 fully saturated rings. The zero-order valence-corrected chi connectivity index (χ0v) is 14.1.